The molecule has 8 heteroatoms. The molecule has 2 N–H and O–H groups in total. The van der Waals surface area contributed by atoms with Crippen molar-refractivity contribution in [1.82, 2.24) is 15.1 Å². The van der Waals surface area contributed by atoms with Crippen molar-refractivity contribution in [3.8, 4) is 0 Å². The smallest absolute Gasteiger partial charge is 0.318 e. The van der Waals surface area contributed by atoms with Crippen LogP contribution in [0.15, 0.2) is 65.1 Å². The van der Waals surface area contributed by atoms with Crippen molar-refractivity contribution in [2.45, 2.75) is 69.2 Å². The van der Waals surface area contributed by atoms with Gasteiger partial charge >= 0.3 is 6.03 Å². The number of nitrogens with one attached hydrogen (secondary N) is 2. The summed E-state index contributed by atoms with van der Waals surface area (Å²) in [6.45, 7) is 1.47. The van der Waals surface area contributed by atoms with Gasteiger partial charge in [0.25, 0.3) is 0 Å². The van der Waals surface area contributed by atoms with Crippen molar-refractivity contribution in [3.63, 3.8) is 0 Å². The van der Waals surface area contributed by atoms with Gasteiger partial charge in [-0.15, -0.1) is 0 Å². The van der Waals surface area contributed by atoms with Crippen molar-refractivity contribution < 1.29 is 14.0 Å². The Bertz CT molecular complexity index is 1340. The Morgan fingerprint density at radius 1 is 0.921 bits per heavy atom. The lowest BCUT2D eigenvalue weighted by atomic mass is 9.96. The zero-order valence-corrected chi connectivity index (χ0v) is 22.8. The summed E-state index contributed by atoms with van der Waals surface area (Å²) in [5, 5.41) is 8.21. The molecule has 3 saturated heterocycles. The fraction of sp³-hybridized carbons (Fsp3) is 0.400. The summed E-state index contributed by atoms with van der Waals surface area (Å²) < 4.78 is 14.5. The summed E-state index contributed by atoms with van der Waals surface area (Å²) in [7, 11) is 0. The van der Waals surface area contributed by atoms with E-state index in [1.807, 2.05) is 36.4 Å². The first-order valence-electron chi connectivity index (χ1n) is 13.5. The van der Waals surface area contributed by atoms with Crippen molar-refractivity contribution in [3.05, 3.63) is 76.5 Å². The van der Waals surface area contributed by atoms with Gasteiger partial charge in [-0.2, -0.15) is 0 Å². The molecule has 0 saturated carbocycles. The number of rotatable bonds is 5. The molecule has 3 aromatic carbocycles. The zero-order chi connectivity index (χ0) is 26.2. The maximum atomic E-state index is 13.5. The van der Waals surface area contributed by atoms with E-state index in [9.17, 15) is 14.0 Å². The number of nitrogens with zero attached hydrogens (tertiary/aromatic N) is 2. The standard InChI is InChI=1S/C30H32BrFN4O2/c31-22-6-9-24(10-7-22)33-29(37)28-2-1-13-35(28)30(38)34-25-16-26-11-12-27(17-25)36(26)18-19-3-4-21-15-23(32)8-5-20(21)14-19/h3-10,14-15,25-28H,1-2,11-13,16-18H2,(H,33,37)(H,34,38)/t26-,27-,28+/m1/s1. The fourth-order valence-corrected chi connectivity index (χ4v) is 6.79. The Hall–Kier alpha value is -2.97. The molecule has 3 atom stereocenters. The minimum absolute atomic E-state index is 0.117. The van der Waals surface area contributed by atoms with Gasteiger partial charge in [0.2, 0.25) is 5.91 Å². The third-order valence-electron chi connectivity index (χ3n) is 8.37. The number of hydrogen-bond donors (Lipinski definition) is 2. The maximum absolute atomic E-state index is 13.5. The molecule has 198 valence electrons. The lowest BCUT2D eigenvalue weighted by molar-refractivity contribution is -0.119. The van der Waals surface area contributed by atoms with Crippen molar-refractivity contribution in [1.29, 1.82) is 0 Å². The third kappa shape index (κ3) is 5.29. The largest absolute Gasteiger partial charge is 0.335 e. The highest BCUT2D eigenvalue weighted by molar-refractivity contribution is 9.10. The van der Waals surface area contributed by atoms with Crippen molar-refractivity contribution in [2.24, 2.45) is 0 Å². The highest BCUT2D eigenvalue weighted by Gasteiger charge is 2.42. The van der Waals surface area contributed by atoms with Gasteiger partial charge in [-0.1, -0.05) is 34.1 Å². The average molecular weight is 580 g/mol. The van der Waals surface area contributed by atoms with Gasteiger partial charge in [-0.05, 0) is 97.3 Å². The van der Waals surface area contributed by atoms with E-state index in [4.69, 9.17) is 0 Å². The SMILES string of the molecule is O=C(Nc1ccc(Br)cc1)[C@@H]1CCCN1C(=O)NC1C[C@H]2CC[C@H](C1)N2Cc1ccc2cc(F)ccc2c1. The summed E-state index contributed by atoms with van der Waals surface area (Å²) in [6.07, 6.45) is 5.62. The third-order valence-corrected chi connectivity index (χ3v) is 8.90. The summed E-state index contributed by atoms with van der Waals surface area (Å²) >= 11 is 3.41. The van der Waals surface area contributed by atoms with Crippen molar-refractivity contribution in [2.75, 3.05) is 11.9 Å². The number of carbonyl (C=O) groups excluding carboxylic acids is 2. The van der Waals surface area contributed by atoms with Gasteiger partial charge in [0.15, 0.2) is 0 Å². The number of likely N-dealkylation sites (tertiary alicyclic amines) is 1. The lowest BCUT2D eigenvalue weighted by Gasteiger charge is -2.40. The van der Waals surface area contributed by atoms with E-state index >= 15 is 0 Å². The molecule has 0 unspecified atom stereocenters. The normalized spacial score (nSPS) is 25.1. The molecule has 2 bridgehead atoms. The summed E-state index contributed by atoms with van der Waals surface area (Å²) in [4.78, 5) is 30.5. The fourth-order valence-electron chi connectivity index (χ4n) is 6.52. The molecule has 3 aliphatic rings. The van der Waals surface area contributed by atoms with Gasteiger partial charge in [-0.3, -0.25) is 9.69 Å². The molecule has 0 spiro atoms. The van der Waals surface area contributed by atoms with Gasteiger partial charge in [0.1, 0.15) is 11.9 Å². The minimum atomic E-state index is -0.447. The number of halogens is 2. The molecule has 3 aliphatic heterocycles. The molecule has 0 aromatic heterocycles. The van der Waals surface area contributed by atoms with Crippen LogP contribution in [0.4, 0.5) is 14.9 Å². The zero-order valence-electron chi connectivity index (χ0n) is 21.2. The molecular weight excluding hydrogens is 547 g/mol. The first kappa shape index (κ1) is 25.3. The van der Waals surface area contributed by atoms with Crippen LogP contribution in [0.5, 0.6) is 0 Å². The molecule has 3 amide bonds. The van der Waals surface area contributed by atoms with Crippen LogP contribution in [-0.4, -0.2) is 52.5 Å². The van der Waals surface area contributed by atoms with Crippen LogP contribution in [0, 0.1) is 5.82 Å². The summed E-state index contributed by atoms with van der Waals surface area (Å²) in [6, 6.07) is 19.1. The van der Waals surface area contributed by atoms with Crippen molar-refractivity contribution >= 4 is 44.3 Å². The number of anilines is 1. The van der Waals surface area contributed by atoms with E-state index in [0.717, 1.165) is 59.6 Å². The van der Waals surface area contributed by atoms with E-state index in [-0.39, 0.29) is 23.8 Å². The number of urea groups is 1. The molecule has 3 fully saturated rings. The first-order valence-corrected chi connectivity index (χ1v) is 14.3. The molecule has 0 radical (unpaired) electrons. The van der Waals surface area contributed by atoms with Crippen LogP contribution >= 0.6 is 15.9 Å². The van der Waals surface area contributed by atoms with E-state index in [1.165, 1.54) is 11.6 Å². The van der Waals surface area contributed by atoms with E-state index in [1.54, 1.807) is 11.0 Å². The number of benzene rings is 3. The van der Waals surface area contributed by atoms with Crippen LogP contribution in [0.1, 0.15) is 44.1 Å². The molecular formula is C30H32BrFN4O2. The second kappa shape index (κ2) is 10.7. The first-order chi connectivity index (χ1) is 18.4. The van der Waals surface area contributed by atoms with Gasteiger partial charge in [0, 0.05) is 41.4 Å². The van der Waals surface area contributed by atoms with Crippen LogP contribution in [0.25, 0.3) is 10.8 Å². The summed E-state index contributed by atoms with van der Waals surface area (Å²) in [5.41, 5.74) is 1.97. The molecule has 0 aliphatic carbocycles. The van der Waals surface area contributed by atoms with Gasteiger partial charge in [-0.25, -0.2) is 9.18 Å². The Kier molecular flexibility index (Phi) is 7.10. The molecule has 3 aromatic rings. The molecule has 38 heavy (non-hydrogen) atoms. The number of fused-ring (bicyclic) bond motifs is 3. The number of amides is 3. The van der Waals surface area contributed by atoms with E-state index in [2.05, 4.69) is 43.6 Å². The van der Waals surface area contributed by atoms with Crippen LogP contribution in [0.2, 0.25) is 0 Å². The molecule has 6 rings (SSSR count). The Morgan fingerprint density at radius 2 is 1.63 bits per heavy atom. The average Bonchev–Trinajstić information content (AvgIpc) is 3.48. The number of piperidine rings is 1. The highest BCUT2D eigenvalue weighted by atomic mass is 79.9. The lowest BCUT2D eigenvalue weighted by Crippen LogP contribution is -2.54. The highest BCUT2D eigenvalue weighted by Crippen LogP contribution is 2.37. The molecule has 3 heterocycles. The topological polar surface area (TPSA) is 64.7 Å². The second-order valence-corrected chi connectivity index (χ2v) is 11.8. The quantitative estimate of drug-likeness (QED) is 0.387. The minimum Gasteiger partial charge on any atom is -0.335 e. The number of hydrogen-bond acceptors (Lipinski definition) is 3. The van der Waals surface area contributed by atoms with Crippen LogP contribution in [-0.2, 0) is 11.3 Å². The Morgan fingerprint density at radius 3 is 2.39 bits per heavy atom. The molecule has 6 nitrogen and oxygen atoms in total. The predicted molar refractivity (Wildman–Crippen MR) is 150 cm³/mol. The van der Waals surface area contributed by atoms with E-state index in [0.29, 0.717) is 25.0 Å². The van der Waals surface area contributed by atoms with Crippen LogP contribution in [0.3, 0.4) is 0 Å². The monoisotopic (exact) mass is 578 g/mol. The second-order valence-electron chi connectivity index (χ2n) is 10.8. The number of carbonyl (C=O) groups is 2. The van der Waals surface area contributed by atoms with Crippen LogP contribution < -0.4 is 10.6 Å². The maximum Gasteiger partial charge on any atom is 0.318 e. The predicted octanol–water partition coefficient (Wildman–Crippen LogP) is 6.05. The van der Waals surface area contributed by atoms with Gasteiger partial charge < -0.3 is 15.5 Å². The Balaban J connectivity index is 1.06. The van der Waals surface area contributed by atoms with E-state index < -0.39 is 6.04 Å². The van der Waals surface area contributed by atoms with Gasteiger partial charge in [0.05, 0.1) is 0 Å². The Labute approximate surface area is 230 Å². The summed E-state index contributed by atoms with van der Waals surface area (Å²) in [5.74, 6) is -0.342.